The molecule has 0 spiro atoms. The number of pyridine rings is 1. The van der Waals surface area contributed by atoms with E-state index in [9.17, 15) is 13.9 Å². The van der Waals surface area contributed by atoms with Crippen molar-refractivity contribution in [2.45, 2.75) is 6.42 Å². The third-order valence-corrected chi connectivity index (χ3v) is 6.61. The normalized spacial score (nSPS) is 15.7. The first kappa shape index (κ1) is 20.0. The first-order chi connectivity index (χ1) is 14.5. The fraction of sp³-hybridized carbons (Fsp3) is 0.130. The van der Waals surface area contributed by atoms with Gasteiger partial charge in [0.05, 0.1) is 11.4 Å². The van der Waals surface area contributed by atoms with E-state index >= 15 is 0 Å². The number of anilines is 2. The summed E-state index contributed by atoms with van der Waals surface area (Å²) in [6, 6.07) is 19.7. The van der Waals surface area contributed by atoms with Crippen molar-refractivity contribution < 1.29 is 13.9 Å². The number of nitrogens with one attached hydrogen (secondary N) is 1. The van der Waals surface area contributed by atoms with Gasteiger partial charge in [-0.05, 0) is 66.9 Å². The Labute approximate surface area is 177 Å². The van der Waals surface area contributed by atoms with E-state index in [1.165, 1.54) is 0 Å². The lowest BCUT2D eigenvalue weighted by atomic mass is 10.1. The summed E-state index contributed by atoms with van der Waals surface area (Å²) in [4.78, 5) is 16.8. The molecule has 1 aliphatic heterocycles. The molecule has 1 aliphatic rings. The summed E-state index contributed by atoms with van der Waals surface area (Å²) in [5.74, 6) is 6.16. The molecule has 2 heterocycles. The van der Waals surface area contributed by atoms with Crippen LogP contribution >= 0.6 is 10.8 Å². The van der Waals surface area contributed by atoms with Gasteiger partial charge in [0.15, 0.2) is 0 Å². The summed E-state index contributed by atoms with van der Waals surface area (Å²) in [5.41, 5.74) is 3.26. The first-order valence-corrected chi connectivity index (χ1v) is 11.2. The molecule has 1 amide bonds. The van der Waals surface area contributed by atoms with Crippen LogP contribution in [0.5, 0.6) is 0 Å². The number of hydrogen-bond donors (Lipinski definition) is 3. The zero-order valence-electron chi connectivity index (χ0n) is 16.2. The molecule has 3 N–H and O–H groups in total. The molecule has 4 rings (SSSR count). The van der Waals surface area contributed by atoms with E-state index in [1.54, 1.807) is 53.0 Å². The van der Waals surface area contributed by atoms with Crippen LogP contribution in [-0.2, 0) is 0 Å². The molecular formula is C23H21N3O3S. The standard InChI is InChI=1S/C23H21N3O3S/c27-23(19-6-3-5-18(17-19)8-9-20-7-1-2-14-24-20)25-21-10-12-22(13-11-21)26-15-4-16-30(26,28)29/h1-3,5-7,10-14,17,28-29H,4,15-16H2,(H,25,27). The van der Waals surface area contributed by atoms with E-state index in [-0.39, 0.29) is 5.91 Å². The molecule has 1 fully saturated rings. The van der Waals surface area contributed by atoms with Crippen molar-refractivity contribution in [3.63, 3.8) is 0 Å². The molecule has 0 aliphatic carbocycles. The molecule has 30 heavy (non-hydrogen) atoms. The molecule has 3 aromatic rings. The summed E-state index contributed by atoms with van der Waals surface area (Å²) in [5, 5.41) is 2.86. The van der Waals surface area contributed by atoms with E-state index in [1.807, 2.05) is 24.3 Å². The van der Waals surface area contributed by atoms with Crippen molar-refractivity contribution in [3.05, 3.63) is 89.7 Å². The average molecular weight is 420 g/mol. The highest BCUT2D eigenvalue weighted by Crippen LogP contribution is 2.50. The van der Waals surface area contributed by atoms with E-state index in [0.29, 0.717) is 29.2 Å². The van der Waals surface area contributed by atoms with Crippen LogP contribution in [0, 0.1) is 11.8 Å². The minimum Gasteiger partial charge on any atom is -0.322 e. The fourth-order valence-electron chi connectivity index (χ4n) is 3.18. The predicted octanol–water partition coefficient (Wildman–Crippen LogP) is 4.61. The SMILES string of the molecule is O=C(Nc1ccc(N2CCCS2(O)O)cc1)c1cccc(C#Cc2ccccn2)c1. The smallest absolute Gasteiger partial charge is 0.255 e. The van der Waals surface area contributed by atoms with Gasteiger partial charge in [0.1, 0.15) is 5.69 Å². The third-order valence-electron chi connectivity index (χ3n) is 4.67. The molecule has 0 bridgehead atoms. The highest BCUT2D eigenvalue weighted by Gasteiger charge is 2.28. The number of carbonyl (C=O) groups excluding carboxylic acids is 1. The van der Waals surface area contributed by atoms with Crippen LogP contribution in [0.25, 0.3) is 0 Å². The van der Waals surface area contributed by atoms with Gasteiger partial charge in [0.25, 0.3) is 5.91 Å². The molecule has 0 unspecified atom stereocenters. The summed E-state index contributed by atoms with van der Waals surface area (Å²) in [6.07, 6.45) is 2.44. The first-order valence-electron chi connectivity index (χ1n) is 9.49. The Bertz CT molecular complexity index is 1110. The Kier molecular flexibility index (Phi) is 5.72. The maximum atomic E-state index is 12.6. The topological polar surface area (TPSA) is 85.7 Å². The number of nitrogens with zero attached hydrogens (tertiary/aromatic N) is 2. The lowest BCUT2D eigenvalue weighted by molar-refractivity contribution is 0.102. The average Bonchev–Trinajstić information content (AvgIpc) is 3.13. The molecule has 1 saturated heterocycles. The van der Waals surface area contributed by atoms with Gasteiger partial charge in [-0.1, -0.05) is 18.1 Å². The zero-order valence-corrected chi connectivity index (χ0v) is 17.0. The Morgan fingerprint density at radius 3 is 2.57 bits per heavy atom. The second-order valence-electron chi connectivity index (χ2n) is 6.84. The number of amides is 1. The second kappa shape index (κ2) is 8.59. The van der Waals surface area contributed by atoms with Crippen molar-refractivity contribution in [2.75, 3.05) is 21.9 Å². The van der Waals surface area contributed by atoms with Gasteiger partial charge in [0, 0.05) is 29.6 Å². The highest BCUT2D eigenvalue weighted by molar-refractivity contribution is 8.25. The molecule has 1 aromatic heterocycles. The summed E-state index contributed by atoms with van der Waals surface area (Å²) in [6.45, 7) is 0.611. The lowest BCUT2D eigenvalue weighted by Crippen LogP contribution is -2.21. The number of rotatable bonds is 3. The van der Waals surface area contributed by atoms with Crippen molar-refractivity contribution in [1.29, 1.82) is 0 Å². The number of hydrogen-bond acceptors (Lipinski definition) is 5. The van der Waals surface area contributed by atoms with Crippen molar-refractivity contribution >= 4 is 28.1 Å². The van der Waals surface area contributed by atoms with Gasteiger partial charge < -0.3 is 5.32 Å². The van der Waals surface area contributed by atoms with Gasteiger partial charge in [-0.2, -0.15) is 0 Å². The van der Waals surface area contributed by atoms with Gasteiger partial charge in [-0.25, -0.2) is 4.98 Å². The van der Waals surface area contributed by atoms with Crippen LogP contribution in [0.2, 0.25) is 0 Å². The van der Waals surface area contributed by atoms with Crippen LogP contribution in [0.15, 0.2) is 72.9 Å². The number of benzene rings is 2. The number of aromatic nitrogens is 1. The number of carbonyl (C=O) groups is 1. The summed E-state index contributed by atoms with van der Waals surface area (Å²) < 4.78 is 21.8. The molecule has 0 saturated carbocycles. The van der Waals surface area contributed by atoms with Gasteiger partial charge in [-0.15, -0.1) is 10.8 Å². The quantitative estimate of drug-likeness (QED) is 0.540. The summed E-state index contributed by atoms with van der Waals surface area (Å²) >= 11 is 0. The molecule has 6 nitrogen and oxygen atoms in total. The van der Waals surface area contributed by atoms with Crippen LogP contribution in [0.4, 0.5) is 11.4 Å². The van der Waals surface area contributed by atoms with E-state index < -0.39 is 10.8 Å². The van der Waals surface area contributed by atoms with E-state index in [2.05, 4.69) is 22.1 Å². The van der Waals surface area contributed by atoms with Crippen LogP contribution in [0.1, 0.15) is 28.0 Å². The minimum atomic E-state index is -2.72. The molecule has 0 radical (unpaired) electrons. The molecule has 2 aromatic carbocycles. The minimum absolute atomic E-state index is 0.241. The Hall–Kier alpha value is -3.31. The van der Waals surface area contributed by atoms with Gasteiger partial charge in [-0.3, -0.25) is 18.2 Å². The van der Waals surface area contributed by atoms with Crippen molar-refractivity contribution in [2.24, 2.45) is 0 Å². The van der Waals surface area contributed by atoms with Crippen LogP contribution in [0.3, 0.4) is 0 Å². The molecule has 7 heteroatoms. The Morgan fingerprint density at radius 2 is 1.87 bits per heavy atom. The zero-order chi connectivity index (χ0) is 21.0. The maximum absolute atomic E-state index is 12.6. The van der Waals surface area contributed by atoms with E-state index in [4.69, 9.17) is 0 Å². The lowest BCUT2D eigenvalue weighted by Gasteiger charge is -2.38. The summed E-state index contributed by atoms with van der Waals surface area (Å²) in [7, 11) is -2.72. The third kappa shape index (κ3) is 4.63. The Balaban J connectivity index is 1.45. The molecule has 0 atom stereocenters. The second-order valence-corrected chi connectivity index (χ2v) is 8.95. The molecular weight excluding hydrogens is 398 g/mol. The monoisotopic (exact) mass is 419 g/mol. The Morgan fingerprint density at radius 1 is 1.03 bits per heavy atom. The predicted molar refractivity (Wildman–Crippen MR) is 121 cm³/mol. The van der Waals surface area contributed by atoms with Gasteiger partial charge >= 0.3 is 0 Å². The van der Waals surface area contributed by atoms with Gasteiger partial charge in [0.2, 0.25) is 0 Å². The largest absolute Gasteiger partial charge is 0.322 e. The van der Waals surface area contributed by atoms with E-state index in [0.717, 1.165) is 17.7 Å². The van der Waals surface area contributed by atoms with Crippen molar-refractivity contribution in [1.82, 2.24) is 4.98 Å². The maximum Gasteiger partial charge on any atom is 0.255 e. The highest BCUT2D eigenvalue weighted by atomic mass is 32.3. The van der Waals surface area contributed by atoms with Crippen LogP contribution in [-0.4, -0.2) is 32.3 Å². The van der Waals surface area contributed by atoms with Crippen molar-refractivity contribution in [3.8, 4) is 11.8 Å². The van der Waals surface area contributed by atoms with Crippen LogP contribution < -0.4 is 9.62 Å². The molecule has 152 valence electrons. The fourth-order valence-corrected chi connectivity index (χ4v) is 4.80.